The van der Waals surface area contributed by atoms with Crippen LogP contribution < -0.4 is 4.74 Å². The van der Waals surface area contributed by atoms with Crippen molar-refractivity contribution in [1.82, 2.24) is 0 Å². The van der Waals surface area contributed by atoms with Gasteiger partial charge in [0.1, 0.15) is 17.2 Å². The molecule has 3 aromatic carbocycles. The zero-order chi connectivity index (χ0) is 27.2. The highest BCUT2D eigenvalue weighted by molar-refractivity contribution is 6.30. The molecule has 0 atom stereocenters. The Kier molecular flexibility index (Phi) is 12.5. The summed E-state index contributed by atoms with van der Waals surface area (Å²) in [6, 6.07) is 18.3. The fourth-order valence-corrected chi connectivity index (χ4v) is 3.71. The largest absolute Gasteiger partial charge is 0.508 e. The van der Waals surface area contributed by atoms with Crippen LogP contribution in [0.15, 0.2) is 60.7 Å². The molecule has 0 fully saturated rings. The van der Waals surface area contributed by atoms with Crippen LogP contribution >= 0.6 is 11.6 Å². The van der Waals surface area contributed by atoms with Crippen LogP contribution in [0.1, 0.15) is 49.9 Å². The molecule has 0 spiro atoms. The predicted octanol–water partition coefficient (Wildman–Crippen LogP) is 6.86. The number of ether oxygens (including phenoxy) is 3. The standard InChI is InChI=1S/C18H19ClO3.C12H16O3/c1-3-14-9-8-13(11-18(20)21-4-2)10-17(14)22-16-7-5-6-15(19)12-16;1-3-10-6-5-9(7-11(10)13)8-12(14)15-4-2/h5-10,12H,3-4,11H2,1-2H3;5-7,13H,3-4,8H2,1-2H3. The molecule has 0 unspecified atom stereocenters. The van der Waals surface area contributed by atoms with Crippen LogP contribution in [0.2, 0.25) is 5.02 Å². The number of hydrogen-bond donors (Lipinski definition) is 1. The molecular weight excluding hydrogens is 492 g/mol. The van der Waals surface area contributed by atoms with E-state index < -0.39 is 0 Å². The highest BCUT2D eigenvalue weighted by atomic mass is 35.5. The van der Waals surface area contributed by atoms with Crippen molar-refractivity contribution in [2.75, 3.05) is 13.2 Å². The Hall–Kier alpha value is -3.51. The number of aryl methyl sites for hydroxylation is 2. The van der Waals surface area contributed by atoms with Gasteiger partial charge in [0.2, 0.25) is 0 Å². The fourth-order valence-electron chi connectivity index (χ4n) is 3.53. The van der Waals surface area contributed by atoms with E-state index in [9.17, 15) is 14.7 Å². The number of carbonyl (C=O) groups excluding carboxylic acids is 2. The van der Waals surface area contributed by atoms with E-state index >= 15 is 0 Å². The van der Waals surface area contributed by atoms with E-state index in [1.165, 1.54) is 0 Å². The topological polar surface area (TPSA) is 82.1 Å². The van der Waals surface area contributed by atoms with Gasteiger partial charge in [-0.3, -0.25) is 9.59 Å². The van der Waals surface area contributed by atoms with Gasteiger partial charge in [0.25, 0.3) is 0 Å². The second-order valence-electron chi connectivity index (χ2n) is 8.14. The molecular formula is C30H35ClO6. The van der Waals surface area contributed by atoms with Gasteiger partial charge in [-0.2, -0.15) is 0 Å². The van der Waals surface area contributed by atoms with Gasteiger partial charge >= 0.3 is 11.9 Å². The maximum atomic E-state index is 11.6. The Morgan fingerprint density at radius 2 is 1.32 bits per heavy atom. The number of rotatable bonds is 10. The first-order valence-electron chi connectivity index (χ1n) is 12.5. The van der Waals surface area contributed by atoms with E-state index in [0.29, 0.717) is 24.0 Å². The second kappa shape index (κ2) is 15.6. The lowest BCUT2D eigenvalue weighted by Crippen LogP contribution is -2.07. The van der Waals surface area contributed by atoms with Gasteiger partial charge in [-0.15, -0.1) is 0 Å². The average Bonchev–Trinajstić information content (AvgIpc) is 2.85. The molecule has 7 heteroatoms. The Morgan fingerprint density at radius 3 is 1.84 bits per heavy atom. The summed E-state index contributed by atoms with van der Waals surface area (Å²) in [5.41, 5.74) is 3.62. The minimum absolute atomic E-state index is 0.214. The van der Waals surface area contributed by atoms with Crippen LogP contribution in [0.3, 0.4) is 0 Å². The van der Waals surface area contributed by atoms with E-state index in [0.717, 1.165) is 40.8 Å². The molecule has 1 N–H and O–H groups in total. The molecule has 0 aliphatic heterocycles. The third-order valence-corrected chi connectivity index (χ3v) is 5.61. The van der Waals surface area contributed by atoms with Crippen molar-refractivity contribution in [3.8, 4) is 17.2 Å². The number of aromatic hydroxyl groups is 1. The number of esters is 2. The van der Waals surface area contributed by atoms with E-state index in [2.05, 4.69) is 6.92 Å². The van der Waals surface area contributed by atoms with Crippen LogP contribution in [0.25, 0.3) is 0 Å². The van der Waals surface area contributed by atoms with Crippen molar-refractivity contribution in [1.29, 1.82) is 0 Å². The van der Waals surface area contributed by atoms with Crippen LogP contribution in [0.4, 0.5) is 0 Å². The van der Waals surface area contributed by atoms with Crippen molar-refractivity contribution >= 4 is 23.5 Å². The SMILES string of the molecule is CCOC(=O)Cc1ccc(CC)c(O)c1.CCOC(=O)Cc1ccc(CC)c(Oc2cccc(Cl)c2)c1. The van der Waals surface area contributed by atoms with Crippen LogP contribution in [0, 0.1) is 0 Å². The average molecular weight is 527 g/mol. The first kappa shape index (κ1) is 29.7. The van der Waals surface area contributed by atoms with Gasteiger partial charge < -0.3 is 19.3 Å². The molecule has 37 heavy (non-hydrogen) atoms. The van der Waals surface area contributed by atoms with E-state index in [1.807, 2.05) is 49.4 Å². The summed E-state index contributed by atoms with van der Waals surface area (Å²) in [6.45, 7) is 8.38. The number of hydrogen-bond acceptors (Lipinski definition) is 6. The molecule has 3 aromatic rings. The Balaban J connectivity index is 0.000000281. The van der Waals surface area contributed by atoms with Crippen molar-refractivity contribution in [3.05, 3.63) is 87.9 Å². The van der Waals surface area contributed by atoms with Crippen molar-refractivity contribution < 1.29 is 28.9 Å². The van der Waals surface area contributed by atoms with Gasteiger partial charge in [-0.25, -0.2) is 0 Å². The Morgan fingerprint density at radius 1 is 0.757 bits per heavy atom. The number of benzene rings is 3. The lowest BCUT2D eigenvalue weighted by Gasteiger charge is -2.12. The molecule has 0 radical (unpaired) electrons. The van der Waals surface area contributed by atoms with Crippen molar-refractivity contribution in [3.63, 3.8) is 0 Å². The fraction of sp³-hybridized carbons (Fsp3) is 0.333. The third-order valence-electron chi connectivity index (χ3n) is 5.37. The molecule has 0 aliphatic rings. The zero-order valence-corrected chi connectivity index (χ0v) is 22.6. The predicted molar refractivity (Wildman–Crippen MR) is 146 cm³/mol. The molecule has 0 amide bonds. The number of phenolic OH excluding ortho intramolecular Hbond substituents is 1. The van der Waals surface area contributed by atoms with Crippen LogP contribution in [-0.2, 0) is 44.7 Å². The zero-order valence-electron chi connectivity index (χ0n) is 21.9. The molecule has 198 valence electrons. The molecule has 0 bridgehead atoms. The first-order chi connectivity index (χ1) is 17.8. The number of carbonyl (C=O) groups is 2. The molecule has 0 heterocycles. The number of phenols is 1. The molecule has 3 rings (SSSR count). The Labute approximate surface area is 224 Å². The van der Waals surface area contributed by atoms with Crippen molar-refractivity contribution in [2.24, 2.45) is 0 Å². The minimum atomic E-state index is -0.263. The second-order valence-corrected chi connectivity index (χ2v) is 8.57. The highest BCUT2D eigenvalue weighted by Crippen LogP contribution is 2.29. The first-order valence-corrected chi connectivity index (χ1v) is 12.8. The lowest BCUT2D eigenvalue weighted by molar-refractivity contribution is -0.143. The molecule has 0 aliphatic carbocycles. The summed E-state index contributed by atoms with van der Waals surface area (Å²) in [4.78, 5) is 22.8. The quantitative estimate of drug-likeness (QED) is 0.290. The van der Waals surface area contributed by atoms with E-state index in [1.54, 1.807) is 32.0 Å². The summed E-state index contributed by atoms with van der Waals surface area (Å²) in [5, 5.41) is 10.2. The molecule has 0 aromatic heterocycles. The summed E-state index contributed by atoms with van der Waals surface area (Å²) >= 11 is 5.98. The van der Waals surface area contributed by atoms with E-state index in [4.69, 9.17) is 25.8 Å². The van der Waals surface area contributed by atoms with E-state index in [-0.39, 0.29) is 30.5 Å². The van der Waals surface area contributed by atoms with Gasteiger partial charge in [-0.1, -0.05) is 55.8 Å². The Bertz CT molecular complexity index is 1170. The van der Waals surface area contributed by atoms with Gasteiger partial charge in [0, 0.05) is 5.02 Å². The van der Waals surface area contributed by atoms with Crippen LogP contribution in [0.5, 0.6) is 17.2 Å². The summed E-state index contributed by atoms with van der Waals surface area (Å²) in [7, 11) is 0. The summed E-state index contributed by atoms with van der Waals surface area (Å²) in [5.74, 6) is 1.17. The highest BCUT2D eigenvalue weighted by Gasteiger charge is 2.10. The molecule has 0 saturated heterocycles. The van der Waals surface area contributed by atoms with Crippen molar-refractivity contribution in [2.45, 2.75) is 53.4 Å². The smallest absolute Gasteiger partial charge is 0.310 e. The summed E-state index contributed by atoms with van der Waals surface area (Å²) < 4.78 is 15.7. The van der Waals surface area contributed by atoms with Gasteiger partial charge in [-0.05, 0) is 79.3 Å². The lowest BCUT2D eigenvalue weighted by atomic mass is 10.1. The third kappa shape index (κ3) is 10.2. The van der Waals surface area contributed by atoms with Gasteiger partial charge in [0.05, 0.1) is 26.1 Å². The normalized spacial score (nSPS) is 10.2. The van der Waals surface area contributed by atoms with Gasteiger partial charge in [0.15, 0.2) is 0 Å². The van der Waals surface area contributed by atoms with Crippen LogP contribution in [-0.4, -0.2) is 30.3 Å². The maximum Gasteiger partial charge on any atom is 0.310 e. The molecule has 6 nitrogen and oxygen atoms in total. The maximum absolute atomic E-state index is 11.6. The molecule has 0 saturated carbocycles. The number of halogens is 1. The monoisotopic (exact) mass is 526 g/mol. The summed E-state index contributed by atoms with van der Waals surface area (Å²) in [6.07, 6.45) is 2.08. The minimum Gasteiger partial charge on any atom is -0.508 e.